The number of hydrogen-bond donors (Lipinski definition) is 0. The van der Waals surface area contributed by atoms with Gasteiger partial charge in [0, 0.05) is 19.0 Å². The molecule has 0 aliphatic carbocycles. The summed E-state index contributed by atoms with van der Waals surface area (Å²) in [7, 11) is -3.64. The van der Waals surface area contributed by atoms with Gasteiger partial charge in [0.25, 0.3) is 0 Å². The van der Waals surface area contributed by atoms with Crippen molar-refractivity contribution in [2.24, 2.45) is 0 Å². The maximum absolute atomic E-state index is 12.6. The van der Waals surface area contributed by atoms with E-state index in [1.807, 2.05) is 6.07 Å². The van der Waals surface area contributed by atoms with Crippen molar-refractivity contribution in [3.63, 3.8) is 0 Å². The van der Waals surface area contributed by atoms with Crippen LogP contribution >= 0.6 is 0 Å². The van der Waals surface area contributed by atoms with Crippen molar-refractivity contribution in [2.75, 3.05) is 6.54 Å². The molecule has 106 valence electrons. The van der Waals surface area contributed by atoms with Crippen LogP contribution in [0.3, 0.4) is 0 Å². The lowest BCUT2D eigenvalue weighted by molar-refractivity contribution is -0.117. The van der Waals surface area contributed by atoms with Crippen LogP contribution in [0.15, 0.2) is 29.2 Å². The van der Waals surface area contributed by atoms with Crippen LogP contribution in [0.1, 0.15) is 31.7 Å². The first-order valence-corrected chi connectivity index (χ1v) is 7.90. The predicted molar refractivity (Wildman–Crippen MR) is 73.4 cm³/mol. The van der Waals surface area contributed by atoms with Crippen LogP contribution < -0.4 is 0 Å². The van der Waals surface area contributed by atoms with Gasteiger partial charge in [0.05, 0.1) is 16.5 Å². The van der Waals surface area contributed by atoms with E-state index in [1.165, 1.54) is 23.4 Å². The van der Waals surface area contributed by atoms with Crippen molar-refractivity contribution < 1.29 is 13.2 Å². The second kappa shape index (κ2) is 5.73. The summed E-state index contributed by atoms with van der Waals surface area (Å²) in [5, 5.41) is 8.86. The van der Waals surface area contributed by atoms with Crippen LogP contribution in [0.5, 0.6) is 0 Å². The van der Waals surface area contributed by atoms with Gasteiger partial charge in [0.1, 0.15) is 5.78 Å². The highest BCUT2D eigenvalue weighted by molar-refractivity contribution is 7.89. The van der Waals surface area contributed by atoms with E-state index in [9.17, 15) is 13.2 Å². The van der Waals surface area contributed by atoms with E-state index < -0.39 is 10.0 Å². The van der Waals surface area contributed by atoms with E-state index in [-0.39, 0.29) is 23.1 Å². The van der Waals surface area contributed by atoms with Crippen LogP contribution in [-0.4, -0.2) is 31.1 Å². The lowest BCUT2D eigenvalue weighted by Gasteiger charge is -2.23. The predicted octanol–water partition coefficient (Wildman–Crippen LogP) is 1.69. The van der Waals surface area contributed by atoms with Gasteiger partial charge in [-0.1, -0.05) is 6.07 Å². The van der Waals surface area contributed by atoms with Crippen molar-refractivity contribution in [3.8, 4) is 6.07 Å². The topological polar surface area (TPSA) is 78.2 Å². The minimum absolute atomic E-state index is 0.0112. The second-order valence-corrected chi connectivity index (χ2v) is 6.85. The average molecular weight is 292 g/mol. The molecular weight excluding hydrogens is 276 g/mol. The smallest absolute Gasteiger partial charge is 0.243 e. The van der Waals surface area contributed by atoms with Gasteiger partial charge in [-0.3, -0.25) is 4.79 Å². The lowest BCUT2D eigenvalue weighted by atomic mass is 10.1. The van der Waals surface area contributed by atoms with Gasteiger partial charge in [0.2, 0.25) is 10.0 Å². The highest BCUT2D eigenvalue weighted by atomic mass is 32.2. The van der Waals surface area contributed by atoms with E-state index >= 15 is 0 Å². The van der Waals surface area contributed by atoms with Crippen molar-refractivity contribution >= 4 is 15.8 Å². The zero-order valence-corrected chi connectivity index (χ0v) is 12.1. The number of rotatable bonds is 4. The van der Waals surface area contributed by atoms with Crippen LogP contribution in [-0.2, 0) is 14.8 Å². The highest BCUT2D eigenvalue weighted by Crippen LogP contribution is 2.28. The van der Waals surface area contributed by atoms with Crippen LogP contribution in [0.25, 0.3) is 0 Å². The highest BCUT2D eigenvalue weighted by Gasteiger charge is 2.35. The molecule has 1 saturated heterocycles. The van der Waals surface area contributed by atoms with Crippen LogP contribution in [0.2, 0.25) is 0 Å². The molecule has 1 aromatic rings. The molecule has 0 saturated carbocycles. The van der Waals surface area contributed by atoms with Crippen molar-refractivity contribution in [3.05, 3.63) is 29.8 Å². The molecule has 20 heavy (non-hydrogen) atoms. The van der Waals surface area contributed by atoms with Crippen molar-refractivity contribution in [1.82, 2.24) is 4.31 Å². The number of benzene rings is 1. The number of hydrogen-bond acceptors (Lipinski definition) is 4. The van der Waals surface area contributed by atoms with Gasteiger partial charge < -0.3 is 0 Å². The molecule has 1 fully saturated rings. The average Bonchev–Trinajstić information content (AvgIpc) is 2.86. The van der Waals surface area contributed by atoms with Gasteiger partial charge in [0.15, 0.2) is 0 Å². The summed E-state index contributed by atoms with van der Waals surface area (Å²) < 4.78 is 26.6. The van der Waals surface area contributed by atoms with E-state index in [0.29, 0.717) is 18.5 Å². The number of carbonyl (C=O) groups excluding carboxylic acids is 1. The molecule has 1 aliphatic rings. The molecule has 0 aromatic heterocycles. The Labute approximate surface area is 118 Å². The molecular formula is C14H16N2O3S. The molecule has 1 unspecified atom stereocenters. The van der Waals surface area contributed by atoms with Crippen molar-refractivity contribution in [2.45, 2.75) is 37.1 Å². The summed E-state index contributed by atoms with van der Waals surface area (Å²) in [5.41, 5.74) is 0.313. The first-order valence-electron chi connectivity index (χ1n) is 6.46. The third-order valence-corrected chi connectivity index (χ3v) is 5.36. The van der Waals surface area contributed by atoms with Gasteiger partial charge in [-0.05, 0) is 38.0 Å². The normalized spacial score (nSPS) is 19.7. The van der Waals surface area contributed by atoms with Gasteiger partial charge in [-0.2, -0.15) is 9.57 Å². The Balaban J connectivity index is 2.34. The number of nitrogens with zero attached hydrogens (tertiary/aromatic N) is 2. The fraction of sp³-hybridized carbons (Fsp3) is 0.429. The van der Waals surface area contributed by atoms with E-state index in [2.05, 4.69) is 0 Å². The molecule has 1 heterocycles. The van der Waals surface area contributed by atoms with Crippen LogP contribution in [0.4, 0.5) is 0 Å². The fourth-order valence-electron chi connectivity index (χ4n) is 2.52. The van der Waals surface area contributed by atoms with E-state index in [0.717, 1.165) is 6.42 Å². The molecule has 1 atom stereocenters. The molecule has 0 radical (unpaired) electrons. The molecule has 1 aliphatic heterocycles. The number of ketones is 1. The molecule has 0 N–H and O–H groups in total. The molecule has 0 spiro atoms. The Morgan fingerprint density at radius 2 is 2.25 bits per heavy atom. The fourth-order valence-corrected chi connectivity index (χ4v) is 4.26. The third kappa shape index (κ3) is 2.89. The molecule has 1 aromatic carbocycles. The van der Waals surface area contributed by atoms with Gasteiger partial charge >= 0.3 is 0 Å². The Morgan fingerprint density at radius 3 is 2.90 bits per heavy atom. The molecule has 0 amide bonds. The SMILES string of the molecule is CC(=O)CC1CCCN1S(=O)(=O)c1cccc(C#N)c1. The zero-order valence-electron chi connectivity index (χ0n) is 11.2. The minimum Gasteiger partial charge on any atom is -0.300 e. The maximum Gasteiger partial charge on any atom is 0.243 e. The molecule has 5 nitrogen and oxygen atoms in total. The first-order chi connectivity index (χ1) is 9.45. The second-order valence-electron chi connectivity index (χ2n) is 4.96. The quantitative estimate of drug-likeness (QED) is 0.846. The Hall–Kier alpha value is -1.71. The monoisotopic (exact) mass is 292 g/mol. The van der Waals surface area contributed by atoms with Crippen molar-refractivity contribution in [1.29, 1.82) is 5.26 Å². The zero-order chi connectivity index (χ0) is 14.8. The summed E-state index contributed by atoms with van der Waals surface area (Å²) in [5.74, 6) is -0.0112. The minimum atomic E-state index is -3.64. The summed E-state index contributed by atoms with van der Waals surface area (Å²) in [4.78, 5) is 11.4. The summed E-state index contributed by atoms with van der Waals surface area (Å²) in [6.45, 7) is 1.90. The molecule has 2 rings (SSSR count). The third-order valence-electron chi connectivity index (χ3n) is 3.42. The van der Waals surface area contributed by atoms with Gasteiger partial charge in [-0.15, -0.1) is 0 Å². The largest absolute Gasteiger partial charge is 0.300 e. The summed E-state index contributed by atoms with van der Waals surface area (Å²) in [6, 6.07) is 7.66. The number of carbonyl (C=O) groups is 1. The first kappa shape index (κ1) is 14.7. The van der Waals surface area contributed by atoms with Gasteiger partial charge in [-0.25, -0.2) is 8.42 Å². The molecule has 0 bridgehead atoms. The standard InChI is InChI=1S/C14H16N2O3S/c1-11(17)8-13-5-3-7-16(13)20(18,19)14-6-2-4-12(9-14)10-15/h2,4,6,9,13H,3,5,7-8H2,1H3. The maximum atomic E-state index is 12.6. The summed E-state index contributed by atoms with van der Waals surface area (Å²) >= 11 is 0. The Kier molecular flexibility index (Phi) is 4.21. The summed E-state index contributed by atoms with van der Waals surface area (Å²) in [6.07, 6.45) is 1.71. The lowest BCUT2D eigenvalue weighted by Crippen LogP contribution is -2.36. The van der Waals surface area contributed by atoms with E-state index in [4.69, 9.17) is 5.26 Å². The number of sulfonamides is 1. The molecule has 6 heteroatoms. The number of Topliss-reactive ketones (excluding diaryl/α,β-unsaturated/α-hetero) is 1. The van der Waals surface area contributed by atoms with Crippen LogP contribution in [0, 0.1) is 11.3 Å². The van der Waals surface area contributed by atoms with E-state index in [1.54, 1.807) is 12.1 Å². The Bertz CT molecular complexity index is 661. The number of nitriles is 1. The Morgan fingerprint density at radius 1 is 1.50 bits per heavy atom.